The molecule has 0 N–H and O–H groups in total. The summed E-state index contributed by atoms with van der Waals surface area (Å²) in [7, 11) is 0. The fourth-order valence-corrected chi connectivity index (χ4v) is 0.680. The van der Waals surface area contributed by atoms with E-state index in [0.29, 0.717) is 6.42 Å². The molecule has 5 nitrogen and oxygen atoms in total. The Hall–Kier alpha value is -1.65. The molecule has 0 spiro atoms. The van der Waals surface area contributed by atoms with Gasteiger partial charge in [0.1, 0.15) is 0 Å². The quantitative estimate of drug-likeness (QED) is 0.269. The second-order valence-electron chi connectivity index (χ2n) is 2.64. The number of ketones is 1. The Kier molecular flexibility index (Phi) is 6.88. The lowest BCUT2D eigenvalue weighted by Gasteiger charge is -2.03. The smallest absolute Gasteiger partial charge is 0.374 e. The predicted molar refractivity (Wildman–Crippen MR) is 52.0 cm³/mol. The van der Waals surface area contributed by atoms with Crippen LogP contribution in [0.2, 0.25) is 0 Å². The molecule has 0 atom stereocenters. The third-order valence-electron chi connectivity index (χ3n) is 1.48. The molecule has 0 heterocycles. The molecule has 0 aliphatic heterocycles. The topological polar surface area (TPSA) is 69.7 Å². The van der Waals surface area contributed by atoms with E-state index in [1.807, 2.05) is 0 Å². The van der Waals surface area contributed by atoms with Gasteiger partial charge in [-0.1, -0.05) is 13.5 Å². The van der Waals surface area contributed by atoms with Crippen molar-refractivity contribution in [3.05, 3.63) is 12.7 Å². The van der Waals surface area contributed by atoms with Crippen LogP contribution in [-0.2, 0) is 23.9 Å². The molecule has 0 aromatic carbocycles. The molecule has 0 aromatic rings. The number of esters is 2. The van der Waals surface area contributed by atoms with Gasteiger partial charge in [-0.3, -0.25) is 4.79 Å². The zero-order valence-electron chi connectivity index (χ0n) is 8.65. The van der Waals surface area contributed by atoms with Gasteiger partial charge in [0.15, 0.2) is 0 Å². The van der Waals surface area contributed by atoms with Crippen molar-refractivity contribution >= 4 is 17.7 Å². The lowest BCUT2D eigenvalue weighted by molar-refractivity contribution is -0.154. The molecule has 0 aliphatic carbocycles. The van der Waals surface area contributed by atoms with E-state index in [-0.39, 0.29) is 19.6 Å². The van der Waals surface area contributed by atoms with Crippen molar-refractivity contribution in [1.29, 1.82) is 0 Å². The zero-order valence-corrected chi connectivity index (χ0v) is 8.65. The molecule has 84 valence electrons. The Morgan fingerprint density at radius 1 is 1.20 bits per heavy atom. The molecule has 5 heteroatoms. The van der Waals surface area contributed by atoms with Crippen LogP contribution in [0.5, 0.6) is 0 Å². The van der Waals surface area contributed by atoms with Gasteiger partial charge in [-0.05, 0) is 0 Å². The second kappa shape index (κ2) is 7.73. The molecule has 0 saturated heterocycles. The van der Waals surface area contributed by atoms with E-state index in [0.717, 1.165) is 6.08 Å². The third kappa shape index (κ3) is 6.42. The van der Waals surface area contributed by atoms with Crippen molar-refractivity contribution in [2.24, 2.45) is 0 Å². The standard InChI is InChI=1S/C10H14O5/c1-3-8(11)10(13)15-7-5-6-14-9(12)4-2/h4H,2-3,5-7H2,1H3. The second-order valence-corrected chi connectivity index (χ2v) is 2.64. The minimum absolute atomic E-state index is 0.0645. The first kappa shape index (κ1) is 13.4. The molecule has 0 bridgehead atoms. The summed E-state index contributed by atoms with van der Waals surface area (Å²) in [6.45, 7) is 5.00. The Balaban J connectivity index is 3.47. The number of hydrogen-bond acceptors (Lipinski definition) is 5. The molecule has 0 amide bonds. The highest BCUT2D eigenvalue weighted by Gasteiger charge is 2.11. The summed E-state index contributed by atoms with van der Waals surface area (Å²) in [5.74, 6) is -1.92. The molecule has 0 aromatic heterocycles. The lowest BCUT2D eigenvalue weighted by atomic mass is 10.3. The largest absolute Gasteiger partial charge is 0.462 e. The van der Waals surface area contributed by atoms with Crippen molar-refractivity contribution in [2.45, 2.75) is 19.8 Å². The first-order valence-electron chi connectivity index (χ1n) is 4.61. The number of hydrogen-bond donors (Lipinski definition) is 0. The molecule has 0 fully saturated rings. The van der Waals surface area contributed by atoms with E-state index in [1.54, 1.807) is 6.92 Å². The Labute approximate surface area is 88.0 Å². The van der Waals surface area contributed by atoms with E-state index in [1.165, 1.54) is 0 Å². The molecule has 0 saturated carbocycles. The van der Waals surface area contributed by atoms with Gasteiger partial charge in [0, 0.05) is 18.9 Å². The molecular weight excluding hydrogens is 200 g/mol. The van der Waals surface area contributed by atoms with Gasteiger partial charge in [0.25, 0.3) is 0 Å². The average Bonchev–Trinajstić information content (AvgIpc) is 2.26. The number of ether oxygens (including phenoxy) is 2. The van der Waals surface area contributed by atoms with Gasteiger partial charge in [-0.2, -0.15) is 0 Å². The van der Waals surface area contributed by atoms with E-state index in [2.05, 4.69) is 16.1 Å². The minimum atomic E-state index is -0.840. The average molecular weight is 214 g/mol. The maximum absolute atomic E-state index is 10.8. The molecule has 0 unspecified atom stereocenters. The first-order chi connectivity index (χ1) is 7.11. The van der Waals surface area contributed by atoms with E-state index < -0.39 is 17.7 Å². The molecule has 0 rings (SSSR count). The molecule has 15 heavy (non-hydrogen) atoms. The third-order valence-corrected chi connectivity index (χ3v) is 1.48. The number of rotatable bonds is 7. The highest BCUT2D eigenvalue weighted by atomic mass is 16.5. The van der Waals surface area contributed by atoms with Crippen LogP contribution in [0.1, 0.15) is 19.8 Å². The Morgan fingerprint density at radius 2 is 1.80 bits per heavy atom. The number of carbonyl (C=O) groups is 3. The maximum Gasteiger partial charge on any atom is 0.374 e. The van der Waals surface area contributed by atoms with Gasteiger partial charge in [0.2, 0.25) is 5.78 Å². The minimum Gasteiger partial charge on any atom is -0.462 e. The van der Waals surface area contributed by atoms with Crippen LogP contribution in [-0.4, -0.2) is 30.9 Å². The van der Waals surface area contributed by atoms with Gasteiger partial charge < -0.3 is 9.47 Å². The predicted octanol–water partition coefficient (Wildman–Crippen LogP) is 0.628. The van der Waals surface area contributed by atoms with Crippen LogP contribution in [0, 0.1) is 0 Å². The Bertz CT molecular complexity index is 257. The summed E-state index contributed by atoms with van der Waals surface area (Å²) in [6, 6.07) is 0. The monoisotopic (exact) mass is 214 g/mol. The van der Waals surface area contributed by atoms with Crippen LogP contribution in [0.15, 0.2) is 12.7 Å². The SMILES string of the molecule is C=CC(=O)OCCCOC(=O)C(=O)CC. The van der Waals surface area contributed by atoms with E-state index in [4.69, 9.17) is 0 Å². The van der Waals surface area contributed by atoms with Crippen LogP contribution in [0.25, 0.3) is 0 Å². The van der Waals surface area contributed by atoms with Crippen LogP contribution in [0.4, 0.5) is 0 Å². The summed E-state index contributed by atoms with van der Waals surface area (Å²) in [5.41, 5.74) is 0. The highest BCUT2D eigenvalue weighted by Crippen LogP contribution is 1.90. The van der Waals surface area contributed by atoms with Gasteiger partial charge >= 0.3 is 11.9 Å². The molecular formula is C10H14O5. The van der Waals surface area contributed by atoms with Crippen LogP contribution < -0.4 is 0 Å². The summed E-state index contributed by atoms with van der Waals surface area (Å²) in [5, 5.41) is 0. The molecule has 0 aliphatic rings. The maximum atomic E-state index is 10.8. The summed E-state index contributed by atoms with van der Waals surface area (Å²) in [6.07, 6.45) is 1.54. The first-order valence-corrected chi connectivity index (χ1v) is 4.61. The van der Waals surface area contributed by atoms with Crippen LogP contribution >= 0.6 is 0 Å². The zero-order chi connectivity index (χ0) is 11.7. The number of carbonyl (C=O) groups excluding carboxylic acids is 3. The number of Topliss-reactive ketones (excluding diaryl/α,β-unsaturated/α-hetero) is 1. The van der Waals surface area contributed by atoms with Crippen molar-refractivity contribution in [3.8, 4) is 0 Å². The van der Waals surface area contributed by atoms with Crippen LogP contribution in [0.3, 0.4) is 0 Å². The van der Waals surface area contributed by atoms with Gasteiger partial charge in [-0.15, -0.1) is 0 Å². The van der Waals surface area contributed by atoms with Gasteiger partial charge in [-0.25, -0.2) is 9.59 Å². The van der Waals surface area contributed by atoms with Gasteiger partial charge in [0.05, 0.1) is 13.2 Å². The van der Waals surface area contributed by atoms with Crippen molar-refractivity contribution in [3.63, 3.8) is 0 Å². The Morgan fingerprint density at radius 3 is 2.33 bits per heavy atom. The summed E-state index contributed by atoms with van der Waals surface area (Å²) in [4.78, 5) is 32.1. The van der Waals surface area contributed by atoms with E-state index >= 15 is 0 Å². The molecule has 0 radical (unpaired) electrons. The fraction of sp³-hybridized carbons (Fsp3) is 0.500. The van der Waals surface area contributed by atoms with Crippen molar-refractivity contribution in [1.82, 2.24) is 0 Å². The summed E-state index contributed by atoms with van der Waals surface area (Å²) < 4.78 is 9.23. The van der Waals surface area contributed by atoms with Crippen molar-refractivity contribution in [2.75, 3.05) is 13.2 Å². The van der Waals surface area contributed by atoms with E-state index in [9.17, 15) is 14.4 Å². The summed E-state index contributed by atoms with van der Waals surface area (Å²) >= 11 is 0. The van der Waals surface area contributed by atoms with Crippen molar-refractivity contribution < 1.29 is 23.9 Å². The fourth-order valence-electron chi connectivity index (χ4n) is 0.680. The highest BCUT2D eigenvalue weighted by molar-refractivity contribution is 6.33. The normalized spacial score (nSPS) is 9.13. The lowest BCUT2D eigenvalue weighted by Crippen LogP contribution is -2.17.